The molecule has 2 aliphatic heterocycles. The number of fused-ring (bicyclic) bond motifs is 1. The number of amides is 1. The number of carbonyl (C=O) groups is 3. The molecule has 0 aromatic heterocycles. The van der Waals surface area contributed by atoms with Crippen molar-refractivity contribution >= 4 is 23.9 Å². The Bertz CT molecular complexity index is 843. The summed E-state index contributed by atoms with van der Waals surface area (Å²) in [6.07, 6.45) is 4.00. The van der Waals surface area contributed by atoms with Crippen molar-refractivity contribution in [3.05, 3.63) is 35.4 Å². The Balaban J connectivity index is 1.72. The minimum absolute atomic E-state index is 0.0282. The highest BCUT2D eigenvalue weighted by Crippen LogP contribution is 2.40. The molecule has 1 aromatic carbocycles. The van der Waals surface area contributed by atoms with Gasteiger partial charge in [0.1, 0.15) is 17.0 Å². The molecule has 1 amide bonds. The van der Waals surface area contributed by atoms with Crippen molar-refractivity contribution in [1.82, 2.24) is 4.90 Å². The van der Waals surface area contributed by atoms with Crippen molar-refractivity contribution in [3.63, 3.8) is 0 Å². The van der Waals surface area contributed by atoms with Crippen molar-refractivity contribution in [3.8, 4) is 5.75 Å². The quantitative estimate of drug-likeness (QED) is 0.556. The third kappa shape index (κ3) is 4.96. The third-order valence-electron chi connectivity index (χ3n) is 5.05. The van der Waals surface area contributed by atoms with E-state index in [1.807, 2.05) is 20.8 Å². The lowest BCUT2D eigenvalue weighted by Gasteiger charge is -2.44. The van der Waals surface area contributed by atoms with Crippen LogP contribution in [0.4, 0.5) is 4.79 Å². The van der Waals surface area contributed by atoms with Crippen molar-refractivity contribution in [2.24, 2.45) is 0 Å². The van der Waals surface area contributed by atoms with E-state index in [0.717, 1.165) is 5.56 Å². The van der Waals surface area contributed by atoms with Crippen LogP contribution in [0.25, 0.3) is 6.08 Å². The Kier molecular flexibility index (Phi) is 5.68. The van der Waals surface area contributed by atoms with E-state index in [4.69, 9.17) is 9.47 Å². The average Bonchev–Trinajstić information content (AvgIpc) is 2.64. The number of Topliss-reactive ketones (excluding diaryl/α,β-unsaturated/α-hetero) is 1. The van der Waals surface area contributed by atoms with Crippen LogP contribution < -0.4 is 4.74 Å². The standard InChI is InChI=1S/C22H27NO6/c1-21(2,3)29-20(26)23-11-9-22(10-12-23)14-17(24)16-7-5-15(13-18(16)28-22)6-8-19(25)27-4/h5-8,13H,9-12,14H2,1-4H3. The van der Waals surface area contributed by atoms with Gasteiger partial charge in [0, 0.05) is 32.0 Å². The van der Waals surface area contributed by atoms with Gasteiger partial charge in [0.15, 0.2) is 5.78 Å². The number of hydrogen-bond donors (Lipinski definition) is 0. The Morgan fingerprint density at radius 1 is 1.21 bits per heavy atom. The number of ketones is 1. The molecule has 7 heteroatoms. The van der Waals surface area contributed by atoms with Crippen molar-refractivity contribution in [1.29, 1.82) is 0 Å². The maximum atomic E-state index is 12.7. The molecule has 1 saturated heterocycles. The highest BCUT2D eigenvalue weighted by atomic mass is 16.6. The van der Waals surface area contributed by atoms with Crippen LogP contribution in [-0.2, 0) is 14.3 Å². The van der Waals surface area contributed by atoms with Crippen LogP contribution in [0.15, 0.2) is 24.3 Å². The molecule has 29 heavy (non-hydrogen) atoms. The zero-order valence-electron chi connectivity index (χ0n) is 17.3. The first-order valence-corrected chi connectivity index (χ1v) is 9.71. The molecular formula is C22H27NO6. The Hall–Kier alpha value is -2.83. The van der Waals surface area contributed by atoms with E-state index in [9.17, 15) is 14.4 Å². The first-order chi connectivity index (χ1) is 13.6. The van der Waals surface area contributed by atoms with E-state index in [2.05, 4.69) is 4.74 Å². The highest BCUT2D eigenvalue weighted by molar-refractivity contribution is 6.00. The fraction of sp³-hybridized carbons (Fsp3) is 0.500. The minimum Gasteiger partial charge on any atom is -0.486 e. The number of esters is 1. The number of piperidine rings is 1. The van der Waals surface area contributed by atoms with Gasteiger partial charge in [-0.3, -0.25) is 4.79 Å². The summed E-state index contributed by atoms with van der Waals surface area (Å²) in [6.45, 7) is 6.45. The Morgan fingerprint density at radius 3 is 2.52 bits per heavy atom. The Morgan fingerprint density at radius 2 is 1.90 bits per heavy atom. The molecule has 7 nitrogen and oxygen atoms in total. The molecule has 0 N–H and O–H groups in total. The van der Waals surface area contributed by atoms with Gasteiger partial charge in [-0.05, 0) is 44.5 Å². The fourth-order valence-electron chi connectivity index (χ4n) is 3.55. The van der Waals surface area contributed by atoms with Crippen LogP contribution in [0.1, 0.15) is 56.0 Å². The van der Waals surface area contributed by atoms with Gasteiger partial charge in [-0.2, -0.15) is 0 Å². The first-order valence-electron chi connectivity index (χ1n) is 9.71. The number of methoxy groups -OCH3 is 1. The average molecular weight is 401 g/mol. The summed E-state index contributed by atoms with van der Waals surface area (Å²) in [4.78, 5) is 38.0. The van der Waals surface area contributed by atoms with E-state index in [-0.39, 0.29) is 11.9 Å². The molecule has 2 heterocycles. The number of nitrogens with zero attached hydrogens (tertiary/aromatic N) is 1. The molecule has 0 bridgehead atoms. The van der Waals surface area contributed by atoms with E-state index in [0.29, 0.717) is 43.7 Å². The molecular weight excluding hydrogens is 374 g/mol. The van der Waals surface area contributed by atoms with Crippen LogP contribution >= 0.6 is 0 Å². The first kappa shape index (κ1) is 20.9. The lowest BCUT2D eigenvalue weighted by atomic mass is 9.82. The monoisotopic (exact) mass is 401 g/mol. The van der Waals surface area contributed by atoms with Crippen LogP contribution in [0.3, 0.4) is 0 Å². The molecule has 0 aliphatic carbocycles. The van der Waals surface area contributed by atoms with Crippen LogP contribution in [0.2, 0.25) is 0 Å². The maximum absolute atomic E-state index is 12.7. The predicted molar refractivity (Wildman–Crippen MR) is 107 cm³/mol. The summed E-state index contributed by atoms with van der Waals surface area (Å²) in [5.41, 5.74) is 0.120. The summed E-state index contributed by atoms with van der Waals surface area (Å²) >= 11 is 0. The largest absolute Gasteiger partial charge is 0.486 e. The van der Waals surface area contributed by atoms with Gasteiger partial charge >= 0.3 is 12.1 Å². The van der Waals surface area contributed by atoms with Crippen molar-refractivity contribution in [2.45, 2.75) is 51.2 Å². The van der Waals surface area contributed by atoms with E-state index < -0.39 is 17.2 Å². The zero-order chi connectivity index (χ0) is 21.2. The van der Waals surface area contributed by atoms with Gasteiger partial charge in [0.2, 0.25) is 0 Å². The zero-order valence-corrected chi connectivity index (χ0v) is 17.3. The van der Waals surface area contributed by atoms with Gasteiger partial charge in [0.25, 0.3) is 0 Å². The number of carbonyl (C=O) groups excluding carboxylic acids is 3. The molecule has 1 aromatic rings. The maximum Gasteiger partial charge on any atom is 0.410 e. The molecule has 3 rings (SSSR count). The second kappa shape index (κ2) is 7.89. The molecule has 0 saturated carbocycles. The Labute approximate surface area is 170 Å². The molecule has 0 radical (unpaired) electrons. The predicted octanol–water partition coefficient (Wildman–Crippen LogP) is 3.61. The fourth-order valence-corrected chi connectivity index (χ4v) is 3.55. The van der Waals surface area contributed by atoms with Gasteiger partial charge in [-0.25, -0.2) is 9.59 Å². The smallest absolute Gasteiger partial charge is 0.410 e. The number of likely N-dealkylation sites (tertiary alicyclic amines) is 1. The lowest BCUT2D eigenvalue weighted by Crippen LogP contribution is -2.53. The normalized spacial score (nSPS) is 18.3. The number of hydrogen-bond acceptors (Lipinski definition) is 6. The highest BCUT2D eigenvalue weighted by Gasteiger charge is 2.44. The number of benzene rings is 1. The third-order valence-corrected chi connectivity index (χ3v) is 5.05. The van der Waals surface area contributed by atoms with Crippen LogP contribution in [-0.4, -0.2) is 54.1 Å². The van der Waals surface area contributed by atoms with Gasteiger partial charge < -0.3 is 19.1 Å². The SMILES string of the molecule is COC(=O)C=Cc1ccc2c(c1)OC1(CCN(C(=O)OC(C)(C)C)CC1)CC2=O. The van der Waals surface area contributed by atoms with Crippen LogP contribution in [0, 0.1) is 0 Å². The lowest BCUT2D eigenvalue weighted by molar-refractivity contribution is -0.134. The molecule has 1 fully saturated rings. The van der Waals surface area contributed by atoms with Gasteiger partial charge in [0.05, 0.1) is 19.1 Å². The second-order valence-corrected chi connectivity index (χ2v) is 8.46. The molecule has 2 aliphatic rings. The van der Waals surface area contributed by atoms with E-state index >= 15 is 0 Å². The molecule has 0 atom stereocenters. The summed E-state index contributed by atoms with van der Waals surface area (Å²) in [5, 5.41) is 0. The summed E-state index contributed by atoms with van der Waals surface area (Å²) in [5.74, 6) is 0.0881. The number of ether oxygens (including phenoxy) is 3. The van der Waals surface area contributed by atoms with E-state index in [1.165, 1.54) is 13.2 Å². The molecule has 156 valence electrons. The van der Waals surface area contributed by atoms with Crippen LogP contribution in [0.5, 0.6) is 5.75 Å². The van der Waals surface area contributed by atoms with Crippen molar-refractivity contribution in [2.75, 3.05) is 20.2 Å². The molecule has 1 spiro atoms. The summed E-state index contributed by atoms with van der Waals surface area (Å²) in [7, 11) is 1.31. The summed E-state index contributed by atoms with van der Waals surface area (Å²) < 4.78 is 16.3. The van der Waals surface area contributed by atoms with Gasteiger partial charge in [-0.1, -0.05) is 6.07 Å². The van der Waals surface area contributed by atoms with Gasteiger partial charge in [-0.15, -0.1) is 0 Å². The van der Waals surface area contributed by atoms with Crippen molar-refractivity contribution < 1.29 is 28.6 Å². The summed E-state index contributed by atoms with van der Waals surface area (Å²) in [6, 6.07) is 5.24. The topological polar surface area (TPSA) is 82.1 Å². The minimum atomic E-state index is -0.618. The number of rotatable bonds is 2. The van der Waals surface area contributed by atoms with E-state index in [1.54, 1.807) is 29.2 Å². The second-order valence-electron chi connectivity index (χ2n) is 8.46. The molecule has 0 unspecified atom stereocenters.